The first-order valence-corrected chi connectivity index (χ1v) is 19.6. The zero-order valence-electron chi connectivity index (χ0n) is 31.4. The summed E-state index contributed by atoms with van der Waals surface area (Å²) in [5, 5.41) is 10.6. The summed E-state index contributed by atoms with van der Waals surface area (Å²) in [5.74, 6) is 5.18. The molecular formula is C44H45N10O2+. The quantitative estimate of drug-likeness (QED) is 0.0933. The molecule has 0 bridgehead atoms. The van der Waals surface area contributed by atoms with Gasteiger partial charge in [-0.3, -0.25) is 5.10 Å². The van der Waals surface area contributed by atoms with E-state index in [9.17, 15) is 0 Å². The molecule has 0 spiro atoms. The van der Waals surface area contributed by atoms with Gasteiger partial charge in [-0.25, -0.2) is 14.9 Å². The zero-order chi connectivity index (χ0) is 37.4. The van der Waals surface area contributed by atoms with Crippen molar-refractivity contribution in [2.45, 2.75) is 57.3 Å². The summed E-state index contributed by atoms with van der Waals surface area (Å²) in [5.41, 5.74) is 8.12. The van der Waals surface area contributed by atoms with Gasteiger partial charge in [-0.1, -0.05) is 0 Å². The van der Waals surface area contributed by atoms with Crippen molar-refractivity contribution in [3.63, 3.8) is 0 Å². The predicted molar refractivity (Wildman–Crippen MR) is 216 cm³/mol. The smallest absolute Gasteiger partial charge is 0.228 e. The van der Waals surface area contributed by atoms with Crippen molar-refractivity contribution in [3.8, 4) is 45.5 Å². The molecule has 0 aliphatic carbocycles. The van der Waals surface area contributed by atoms with E-state index in [0.29, 0.717) is 12.1 Å². The van der Waals surface area contributed by atoms with Crippen LogP contribution in [0.2, 0.25) is 0 Å². The van der Waals surface area contributed by atoms with Crippen molar-refractivity contribution in [3.05, 3.63) is 121 Å². The molecule has 12 heteroatoms. The van der Waals surface area contributed by atoms with Crippen LogP contribution in [0.25, 0.3) is 44.6 Å². The molecule has 0 saturated carbocycles. The van der Waals surface area contributed by atoms with Crippen LogP contribution in [0.15, 0.2) is 109 Å². The van der Waals surface area contributed by atoms with Gasteiger partial charge in [0.2, 0.25) is 6.67 Å². The summed E-state index contributed by atoms with van der Waals surface area (Å²) < 4.78 is 14.6. The first-order valence-electron chi connectivity index (χ1n) is 19.6. The summed E-state index contributed by atoms with van der Waals surface area (Å²) in [6.07, 6.45) is 10.5. The average molecular weight is 746 g/mol. The Balaban J connectivity index is 0.747. The van der Waals surface area contributed by atoms with Crippen LogP contribution < -0.4 is 14.2 Å². The van der Waals surface area contributed by atoms with Crippen molar-refractivity contribution in [2.75, 3.05) is 20.1 Å². The van der Waals surface area contributed by atoms with Crippen molar-refractivity contribution in [1.29, 1.82) is 0 Å². The van der Waals surface area contributed by atoms with Crippen LogP contribution in [0, 0.1) is 0 Å². The Kier molecular flexibility index (Phi) is 9.04. The third-order valence-corrected chi connectivity index (χ3v) is 11.4. The lowest BCUT2D eigenvalue weighted by molar-refractivity contribution is -0.766. The molecular weight excluding hydrogens is 701 g/mol. The minimum atomic E-state index is 0.400. The number of hydrogen-bond donors (Lipinski definition) is 4. The maximum Gasteiger partial charge on any atom is 0.228 e. The number of H-pyrrole nitrogens is 4. The molecule has 12 nitrogen and oxygen atoms in total. The van der Waals surface area contributed by atoms with Crippen molar-refractivity contribution < 1.29 is 14.2 Å². The van der Waals surface area contributed by atoms with E-state index in [1.165, 1.54) is 25.8 Å². The topological polar surface area (TPSA) is 131 Å². The number of benzene rings is 4. The number of ether oxygens (including phenoxy) is 2. The number of imidazole rings is 2. The molecule has 0 amide bonds. The minimum Gasteiger partial charge on any atom is -0.457 e. The fourth-order valence-corrected chi connectivity index (χ4v) is 8.33. The van der Waals surface area contributed by atoms with Crippen molar-refractivity contribution >= 4 is 22.1 Å². The van der Waals surface area contributed by atoms with Crippen LogP contribution in [-0.4, -0.2) is 77.3 Å². The number of likely N-dealkylation sites (tertiary alicyclic amines) is 2. The van der Waals surface area contributed by atoms with E-state index >= 15 is 0 Å². The van der Waals surface area contributed by atoms with E-state index in [0.717, 1.165) is 112 Å². The van der Waals surface area contributed by atoms with E-state index in [4.69, 9.17) is 19.4 Å². The Bertz CT molecular complexity index is 2570. The van der Waals surface area contributed by atoms with Crippen LogP contribution in [0.3, 0.4) is 0 Å². The number of nitrogens with one attached hydrogen (secondary N) is 4. The molecule has 56 heavy (non-hydrogen) atoms. The predicted octanol–water partition coefficient (Wildman–Crippen LogP) is 8.00. The second-order valence-corrected chi connectivity index (χ2v) is 15.2. The fourth-order valence-electron chi connectivity index (χ4n) is 8.33. The monoisotopic (exact) mass is 745 g/mol. The van der Waals surface area contributed by atoms with Crippen molar-refractivity contribution in [1.82, 2.24) is 45.0 Å². The number of fused-ring (bicyclic) bond motifs is 2. The van der Waals surface area contributed by atoms with E-state index in [-0.39, 0.29) is 0 Å². The molecule has 4 aromatic carbocycles. The number of likely N-dealkylation sites (N-methyl/N-ethyl adjacent to an activating group) is 1. The lowest BCUT2D eigenvalue weighted by atomic mass is 10.1. The maximum atomic E-state index is 6.26. The average Bonchev–Trinajstić information content (AvgIpc) is 4.07. The van der Waals surface area contributed by atoms with Crippen LogP contribution in [0.4, 0.5) is 0 Å². The lowest BCUT2D eigenvalue weighted by Gasteiger charge is -2.19. The highest BCUT2D eigenvalue weighted by atomic mass is 16.5. The number of hydrogen-bond acceptors (Lipinski definition) is 7. The standard InChI is InChI=1S/C44H44N10O2/c1-52-21-2-4-31(52)24-43-46-39-16-14-35(26-41(39)48-43)56-34-12-8-30(9-13-34)38-19-23-54(51-38)28-53-22-3-5-32(53)25-44-47-40-17-15-36(27-42(40)49-44)55-33-10-6-29(7-11-33)37-18-20-45-50-37/h6-20,23,26-27,31-32H,2-5,21-22,24-25,28H2,1H3,(H3,45,46,47,48,49,50)/p+1. The molecule has 2 fully saturated rings. The number of aromatic nitrogens is 8. The SMILES string of the molecule is CN1CCCC1Cc1nc2ccc(Oc3ccc(-c4cc[n+](CN5CCCC5Cc5nc6ccc(Oc7ccc(-c8ccn[nH]8)cc7)cc6[nH]5)[nH]4)cc3)cc2[nH]1. The number of nitrogens with zero attached hydrogens (tertiary/aromatic N) is 6. The molecule has 0 radical (unpaired) electrons. The minimum absolute atomic E-state index is 0.400. The van der Waals surface area contributed by atoms with E-state index < -0.39 is 0 Å². The second kappa shape index (κ2) is 14.8. The summed E-state index contributed by atoms with van der Waals surface area (Å²) >= 11 is 0. The molecule has 2 saturated heterocycles. The molecule has 4 aromatic heterocycles. The fraction of sp³-hybridized carbons (Fsp3) is 0.273. The zero-order valence-corrected chi connectivity index (χ0v) is 31.4. The molecule has 2 aliphatic rings. The maximum absolute atomic E-state index is 6.26. The molecule has 4 N–H and O–H groups in total. The largest absolute Gasteiger partial charge is 0.457 e. The Morgan fingerprint density at radius 1 is 0.661 bits per heavy atom. The molecule has 6 heterocycles. The Morgan fingerprint density at radius 3 is 1.86 bits per heavy atom. The van der Waals surface area contributed by atoms with Gasteiger partial charge in [0.1, 0.15) is 40.3 Å². The van der Waals surface area contributed by atoms with Crippen LogP contribution in [-0.2, 0) is 19.5 Å². The van der Waals surface area contributed by atoms with Crippen molar-refractivity contribution in [2.24, 2.45) is 0 Å². The summed E-state index contributed by atoms with van der Waals surface area (Å²) in [4.78, 5) is 21.8. The summed E-state index contributed by atoms with van der Waals surface area (Å²) in [6, 6.07) is 33.4. The first kappa shape index (κ1) is 34.3. The normalized spacial score (nSPS) is 17.7. The summed E-state index contributed by atoms with van der Waals surface area (Å²) in [6.45, 7) is 3.01. The van der Waals surface area contributed by atoms with Gasteiger partial charge >= 0.3 is 0 Å². The van der Waals surface area contributed by atoms with Crippen LogP contribution in [0.5, 0.6) is 23.0 Å². The van der Waals surface area contributed by atoms with Gasteiger partial charge in [-0.05, 0) is 124 Å². The Morgan fingerprint density at radius 2 is 1.25 bits per heavy atom. The van der Waals surface area contributed by atoms with Gasteiger partial charge in [-0.2, -0.15) is 10.2 Å². The summed E-state index contributed by atoms with van der Waals surface area (Å²) in [7, 11) is 2.21. The van der Waals surface area contributed by atoms with Gasteiger partial charge in [0.15, 0.2) is 6.20 Å². The van der Waals surface area contributed by atoms with Gasteiger partial charge < -0.3 is 24.3 Å². The van der Waals surface area contributed by atoms with E-state index in [2.05, 4.69) is 71.2 Å². The van der Waals surface area contributed by atoms with Gasteiger partial charge in [-0.15, -0.1) is 4.68 Å². The van der Waals surface area contributed by atoms with E-state index in [1.807, 2.05) is 78.9 Å². The third-order valence-electron chi connectivity index (χ3n) is 11.4. The lowest BCUT2D eigenvalue weighted by Crippen LogP contribution is -2.47. The van der Waals surface area contributed by atoms with Gasteiger partial charge in [0.25, 0.3) is 0 Å². The highest BCUT2D eigenvalue weighted by Crippen LogP contribution is 2.30. The second-order valence-electron chi connectivity index (χ2n) is 15.2. The molecule has 2 aliphatic heterocycles. The van der Waals surface area contributed by atoms with Crippen LogP contribution in [0.1, 0.15) is 37.3 Å². The molecule has 10 rings (SSSR count). The molecule has 8 aromatic rings. The highest BCUT2D eigenvalue weighted by molar-refractivity contribution is 5.78. The molecule has 2 unspecified atom stereocenters. The Hall–Kier alpha value is -6.24. The number of aromatic amines is 4. The first-order chi connectivity index (χ1) is 27.5. The third kappa shape index (κ3) is 7.28. The van der Waals surface area contributed by atoms with Gasteiger partial charge in [0.05, 0.1) is 27.8 Å². The number of rotatable bonds is 12. The molecule has 282 valence electrons. The Labute approximate surface area is 324 Å². The highest BCUT2D eigenvalue weighted by Gasteiger charge is 2.29. The van der Waals surface area contributed by atoms with Gasteiger partial charge in [0, 0.05) is 61.4 Å². The molecule has 2 atom stereocenters. The van der Waals surface area contributed by atoms with Crippen LogP contribution >= 0.6 is 0 Å². The van der Waals surface area contributed by atoms with E-state index in [1.54, 1.807) is 6.20 Å².